The van der Waals surface area contributed by atoms with E-state index in [0.717, 1.165) is 26.1 Å². The Morgan fingerprint density at radius 1 is 1.71 bits per heavy atom. The van der Waals surface area contributed by atoms with E-state index < -0.39 is 0 Å². The molecule has 7 nitrogen and oxygen atoms in total. The van der Waals surface area contributed by atoms with Crippen LogP contribution in [0, 0.1) is 10.1 Å². The maximum absolute atomic E-state index is 11.0. The summed E-state index contributed by atoms with van der Waals surface area (Å²) < 4.78 is 1.50. The second kappa shape index (κ2) is 4.70. The van der Waals surface area contributed by atoms with Gasteiger partial charge in [0.1, 0.15) is 6.20 Å². The Morgan fingerprint density at radius 3 is 2.88 bits per heavy atom. The number of aryl methyl sites for hydroxylation is 1. The lowest BCUT2D eigenvalue weighted by Crippen LogP contribution is -2.57. The van der Waals surface area contributed by atoms with E-state index in [0.29, 0.717) is 11.9 Å². The van der Waals surface area contributed by atoms with Gasteiger partial charge in [-0.15, -0.1) is 5.10 Å². The van der Waals surface area contributed by atoms with Crippen molar-refractivity contribution < 1.29 is 4.92 Å². The van der Waals surface area contributed by atoms with Crippen LogP contribution in [0.3, 0.4) is 0 Å². The highest BCUT2D eigenvalue weighted by Crippen LogP contribution is 2.28. The van der Waals surface area contributed by atoms with Crippen LogP contribution in [0.2, 0.25) is 0 Å². The number of aromatic nitrogens is 2. The monoisotopic (exact) mass is 239 g/mol. The minimum absolute atomic E-state index is 0.0906. The number of hydrogen-bond donors (Lipinski definition) is 1. The first-order valence-corrected chi connectivity index (χ1v) is 5.79. The van der Waals surface area contributed by atoms with Crippen molar-refractivity contribution >= 4 is 11.5 Å². The number of nitrogens with zero attached hydrogens (tertiary/aromatic N) is 4. The van der Waals surface area contributed by atoms with Crippen LogP contribution in [-0.4, -0.2) is 40.4 Å². The summed E-state index contributed by atoms with van der Waals surface area (Å²) in [6.07, 6.45) is 2.41. The SMILES string of the molecule is CCCN(c1nn(C)cc1[N+](=O)[O-])C1CNC1. The molecule has 1 aromatic heterocycles. The second-order valence-corrected chi connectivity index (χ2v) is 4.27. The summed E-state index contributed by atoms with van der Waals surface area (Å²) >= 11 is 0. The van der Waals surface area contributed by atoms with Crippen LogP contribution in [0.25, 0.3) is 0 Å². The molecule has 2 heterocycles. The number of rotatable bonds is 5. The molecule has 94 valence electrons. The van der Waals surface area contributed by atoms with Crippen molar-refractivity contribution in [1.82, 2.24) is 15.1 Å². The molecule has 0 atom stereocenters. The number of hydrogen-bond acceptors (Lipinski definition) is 5. The van der Waals surface area contributed by atoms with Crippen molar-refractivity contribution in [1.29, 1.82) is 0 Å². The van der Waals surface area contributed by atoms with Gasteiger partial charge in [0.15, 0.2) is 0 Å². The van der Waals surface area contributed by atoms with Crippen LogP contribution in [0.1, 0.15) is 13.3 Å². The molecule has 0 spiro atoms. The minimum Gasteiger partial charge on any atom is -0.344 e. The molecule has 1 N–H and O–H groups in total. The lowest BCUT2D eigenvalue weighted by atomic mass is 10.1. The molecule has 0 bridgehead atoms. The molecule has 0 unspecified atom stereocenters. The lowest BCUT2D eigenvalue weighted by molar-refractivity contribution is -0.384. The van der Waals surface area contributed by atoms with Crippen LogP contribution in [0.15, 0.2) is 6.20 Å². The molecule has 7 heteroatoms. The number of nitrogens with one attached hydrogen (secondary N) is 1. The molecule has 1 aliphatic heterocycles. The van der Waals surface area contributed by atoms with Crippen LogP contribution in [0.5, 0.6) is 0 Å². The maximum atomic E-state index is 11.0. The van der Waals surface area contributed by atoms with E-state index in [9.17, 15) is 10.1 Å². The molecule has 0 radical (unpaired) electrons. The Labute approximate surface area is 99.6 Å². The summed E-state index contributed by atoms with van der Waals surface area (Å²) in [6, 6.07) is 0.323. The average Bonchev–Trinajstić information content (AvgIpc) is 2.57. The maximum Gasteiger partial charge on any atom is 0.330 e. The fourth-order valence-corrected chi connectivity index (χ4v) is 1.99. The van der Waals surface area contributed by atoms with E-state index in [1.54, 1.807) is 7.05 Å². The molecular weight excluding hydrogens is 222 g/mol. The van der Waals surface area contributed by atoms with Crippen LogP contribution >= 0.6 is 0 Å². The smallest absolute Gasteiger partial charge is 0.330 e. The molecule has 0 amide bonds. The van der Waals surface area contributed by atoms with Gasteiger partial charge in [0.25, 0.3) is 0 Å². The van der Waals surface area contributed by atoms with Crippen LogP contribution < -0.4 is 10.2 Å². The van der Waals surface area contributed by atoms with Gasteiger partial charge in [-0.1, -0.05) is 6.92 Å². The van der Waals surface area contributed by atoms with Crippen molar-refractivity contribution in [3.63, 3.8) is 0 Å². The highest BCUT2D eigenvalue weighted by molar-refractivity contribution is 5.57. The molecule has 2 rings (SSSR count). The number of nitro groups is 1. The van der Waals surface area contributed by atoms with Gasteiger partial charge in [-0.3, -0.25) is 14.8 Å². The van der Waals surface area contributed by atoms with Crippen molar-refractivity contribution in [3.8, 4) is 0 Å². The van der Waals surface area contributed by atoms with E-state index in [1.165, 1.54) is 10.9 Å². The fraction of sp³-hybridized carbons (Fsp3) is 0.700. The van der Waals surface area contributed by atoms with Gasteiger partial charge in [-0.05, 0) is 6.42 Å². The van der Waals surface area contributed by atoms with Crippen LogP contribution in [-0.2, 0) is 7.05 Å². The first-order chi connectivity index (χ1) is 8.13. The van der Waals surface area contributed by atoms with Crippen molar-refractivity contribution in [3.05, 3.63) is 16.3 Å². The predicted molar refractivity (Wildman–Crippen MR) is 64.2 cm³/mol. The third-order valence-corrected chi connectivity index (χ3v) is 2.92. The second-order valence-electron chi connectivity index (χ2n) is 4.27. The topological polar surface area (TPSA) is 76.2 Å². The lowest BCUT2D eigenvalue weighted by Gasteiger charge is -2.37. The molecule has 1 saturated heterocycles. The molecule has 1 aromatic rings. The summed E-state index contributed by atoms with van der Waals surface area (Å²) in [7, 11) is 1.71. The zero-order chi connectivity index (χ0) is 12.4. The zero-order valence-corrected chi connectivity index (χ0v) is 10.1. The molecule has 1 aliphatic rings. The fourth-order valence-electron chi connectivity index (χ4n) is 1.99. The van der Waals surface area contributed by atoms with Gasteiger partial charge < -0.3 is 10.2 Å². The van der Waals surface area contributed by atoms with E-state index >= 15 is 0 Å². The van der Waals surface area contributed by atoms with Gasteiger partial charge in [0, 0.05) is 26.7 Å². The first kappa shape index (κ1) is 11.8. The van der Waals surface area contributed by atoms with Crippen molar-refractivity contribution in [2.75, 3.05) is 24.5 Å². The third kappa shape index (κ3) is 2.23. The normalized spacial score (nSPS) is 15.6. The van der Waals surface area contributed by atoms with E-state index in [1.807, 2.05) is 4.90 Å². The molecule has 0 aromatic carbocycles. The minimum atomic E-state index is -0.364. The number of anilines is 1. The Morgan fingerprint density at radius 2 is 2.41 bits per heavy atom. The van der Waals surface area contributed by atoms with Crippen LogP contribution in [0.4, 0.5) is 11.5 Å². The Hall–Kier alpha value is -1.63. The summed E-state index contributed by atoms with van der Waals surface area (Å²) in [6.45, 7) is 4.60. The zero-order valence-electron chi connectivity index (χ0n) is 10.1. The highest BCUT2D eigenvalue weighted by Gasteiger charge is 2.31. The van der Waals surface area contributed by atoms with E-state index in [-0.39, 0.29) is 10.6 Å². The summed E-state index contributed by atoms with van der Waals surface area (Å²) in [5, 5.41) is 18.4. The molecular formula is C10H17N5O2. The molecule has 0 saturated carbocycles. The van der Waals surface area contributed by atoms with E-state index in [2.05, 4.69) is 17.3 Å². The molecule has 1 fully saturated rings. The summed E-state index contributed by atoms with van der Waals surface area (Å²) in [5.74, 6) is 0.492. The molecule has 17 heavy (non-hydrogen) atoms. The van der Waals surface area contributed by atoms with Gasteiger partial charge in [-0.25, -0.2) is 0 Å². The van der Waals surface area contributed by atoms with Gasteiger partial charge in [-0.2, -0.15) is 0 Å². The first-order valence-electron chi connectivity index (χ1n) is 5.79. The van der Waals surface area contributed by atoms with Gasteiger partial charge in [0.2, 0.25) is 5.82 Å². The standard InChI is InChI=1S/C10H17N5O2/c1-3-4-14(8-5-11-6-8)10-9(15(16)17)7-13(2)12-10/h7-8,11H,3-6H2,1-2H3. The van der Waals surface area contributed by atoms with E-state index in [4.69, 9.17) is 0 Å². The van der Waals surface area contributed by atoms with Gasteiger partial charge >= 0.3 is 5.69 Å². The van der Waals surface area contributed by atoms with Crippen molar-refractivity contribution in [2.45, 2.75) is 19.4 Å². The summed E-state index contributed by atoms with van der Waals surface area (Å²) in [4.78, 5) is 12.7. The Balaban J connectivity index is 2.30. The third-order valence-electron chi connectivity index (χ3n) is 2.92. The Kier molecular flexibility index (Phi) is 3.28. The largest absolute Gasteiger partial charge is 0.344 e. The predicted octanol–water partition coefficient (Wildman–Crippen LogP) is 0.516. The van der Waals surface area contributed by atoms with Crippen molar-refractivity contribution in [2.24, 2.45) is 7.05 Å². The average molecular weight is 239 g/mol. The van der Waals surface area contributed by atoms with Gasteiger partial charge in [0.05, 0.1) is 11.0 Å². The molecule has 0 aliphatic carbocycles. The quantitative estimate of drug-likeness (QED) is 0.598. The Bertz CT molecular complexity index is 413. The highest BCUT2D eigenvalue weighted by atomic mass is 16.6. The summed E-state index contributed by atoms with van der Waals surface area (Å²) in [5.41, 5.74) is 0.0906.